The highest BCUT2D eigenvalue weighted by molar-refractivity contribution is 4.80. The lowest BCUT2D eigenvalue weighted by Gasteiger charge is -2.26. The molecule has 0 aliphatic heterocycles. The summed E-state index contributed by atoms with van der Waals surface area (Å²) in [5.41, 5.74) is 0. The Morgan fingerprint density at radius 1 is 0.857 bits per heavy atom. The van der Waals surface area contributed by atoms with Crippen LogP contribution in [-0.2, 0) is 0 Å². The van der Waals surface area contributed by atoms with E-state index in [0.717, 1.165) is 0 Å². The van der Waals surface area contributed by atoms with E-state index in [1.54, 1.807) is 6.92 Å². The lowest BCUT2D eigenvalue weighted by Crippen LogP contribution is -2.44. The molecule has 0 aliphatic carbocycles. The third kappa shape index (κ3) is 4.37. The van der Waals surface area contributed by atoms with Crippen LogP contribution >= 0.6 is 0 Å². The first kappa shape index (κ1) is 13.8. The first-order valence-electron chi connectivity index (χ1n) is 5.12. The van der Waals surface area contributed by atoms with Crippen molar-refractivity contribution in [3.05, 3.63) is 0 Å². The Balaban J connectivity index is 4.09. The van der Waals surface area contributed by atoms with E-state index in [1.807, 2.05) is 13.8 Å². The molecular formula is C10H22O4. The summed E-state index contributed by atoms with van der Waals surface area (Å²) in [5, 5.41) is 37.6. The summed E-state index contributed by atoms with van der Waals surface area (Å²) in [6.07, 6.45) is -3.74. The van der Waals surface area contributed by atoms with Gasteiger partial charge in [-0.05, 0) is 18.8 Å². The minimum absolute atomic E-state index is 0.241. The molecule has 0 radical (unpaired) electrons. The van der Waals surface area contributed by atoms with Gasteiger partial charge in [0.1, 0.15) is 12.2 Å². The Bertz CT molecular complexity index is 149. The van der Waals surface area contributed by atoms with Crippen molar-refractivity contribution < 1.29 is 20.4 Å². The van der Waals surface area contributed by atoms with Gasteiger partial charge < -0.3 is 20.4 Å². The highest BCUT2D eigenvalue weighted by atomic mass is 16.4. The fourth-order valence-corrected chi connectivity index (χ4v) is 1.32. The van der Waals surface area contributed by atoms with Crippen LogP contribution in [0.3, 0.4) is 0 Å². The molecule has 4 atom stereocenters. The second-order valence-electron chi connectivity index (χ2n) is 4.15. The second kappa shape index (κ2) is 6.35. The third-order valence-electron chi connectivity index (χ3n) is 2.27. The highest BCUT2D eigenvalue weighted by Crippen LogP contribution is 2.13. The molecule has 0 heterocycles. The normalized spacial score (nSPS) is 20.6. The van der Waals surface area contributed by atoms with Crippen molar-refractivity contribution in [2.45, 2.75) is 58.0 Å². The molecule has 0 aromatic rings. The van der Waals surface area contributed by atoms with Gasteiger partial charge in [-0.15, -0.1) is 0 Å². The fraction of sp³-hybridized carbons (Fsp3) is 1.00. The van der Waals surface area contributed by atoms with Crippen LogP contribution in [0.25, 0.3) is 0 Å². The Morgan fingerprint density at radius 3 is 1.64 bits per heavy atom. The Morgan fingerprint density at radius 2 is 1.29 bits per heavy atom. The summed E-state index contributed by atoms with van der Waals surface area (Å²) in [7, 11) is 0. The number of rotatable bonds is 6. The molecule has 0 amide bonds. The zero-order chi connectivity index (χ0) is 11.3. The van der Waals surface area contributed by atoms with Crippen molar-refractivity contribution in [3.8, 4) is 0 Å². The monoisotopic (exact) mass is 206 g/mol. The van der Waals surface area contributed by atoms with E-state index in [2.05, 4.69) is 0 Å². The molecule has 0 aliphatic rings. The lowest BCUT2D eigenvalue weighted by molar-refractivity contribution is -0.109. The quantitative estimate of drug-likeness (QED) is 0.488. The molecule has 86 valence electrons. The van der Waals surface area contributed by atoms with Crippen molar-refractivity contribution in [1.82, 2.24) is 0 Å². The maximum Gasteiger partial charge on any atom is 0.108 e. The van der Waals surface area contributed by atoms with Gasteiger partial charge in [-0.3, -0.25) is 0 Å². The average Bonchev–Trinajstić information content (AvgIpc) is 2.13. The lowest BCUT2D eigenvalue weighted by atomic mass is 9.95. The molecule has 0 saturated heterocycles. The molecule has 4 nitrogen and oxygen atoms in total. The number of hydrogen-bond acceptors (Lipinski definition) is 4. The van der Waals surface area contributed by atoms with E-state index in [0.29, 0.717) is 12.8 Å². The molecule has 0 saturated carbocycles. The zero-order valence-electron chi connectivity index (χ0n) is 9.09. The van der Waals surface area contributed by atoms with Crippen LogP contribution in [0.2, 0.25) is 0 Å². The average molecular weight is 206 g/mol. The maximum atomic E-state index is 9.48. The van der Waals surface area contributed by atoms with Crippen molar-refractivity contribution in [1.29, 1.82) is 0 Å². The van der Waals surface area contributed by atoms with Crippen LogP contribution in [0, 0.1) is 5.92 Å². The number of aliphatic hydroxyl groups excluding tert-OH is 4. The van der Waals surface area contributed by atoms with E-state index in [4.69, 9.17) is 0 Å². The maximum absolute atomic E-state index is 9.48. The Labute approximate surface area is 85.2 Å². The molecule has 0 spiro atoms. The molecule has 0 unspecified atom stereocenters. The predicted octanol–water partition coefficient (Wildman–Crippen LogP) is -0.114. The standard InChI is InChI=1S/C10H22O4/c1-4-7(11)9(13)10(14)8(12)5-6(2)3/h6-14H,4-5H2,1-3H3/t7-,8+,9-,10-/m1/s1. The van der Waals surface area contributed by atoms with Crippen molar-refractivity contribution in [3.63, 3.8) is 0 Å². The van der Waals surface area contributed by atoms with Crippen LogP contribution < -0.4 is 0 Å². The SMILES string of the molecule is CC[C@@H](O)[C@@H](O)[C@H](O)[C@@H](O)CC(C)C. The van der Waals surface area contributed by atoms with E-state index >= 15 is 0 Å². The van der Waals surface area contributed by atoms with Gasteiger partial charge in [0.2, 0.25) is 0 Å². The first-order valence-corrected chi connectivity index (χ1v) is 5.12. The minimum atomic E-state index is -1.27. The van der Waals surface area contributed by atoms with Crippen LogP contribution in [0.1, 0.15) is 33.6 Å². The van der Waals surface area contributed by atoms with Crippen LogP contribution in [0.5, 0.6) is 0 Å². The Kier molecular flexibility index (Phi) is 6.27. The summed E-state index contributed by atoms with van der Waals surface area (Å²) in [6, 6.07) is 0. The molecule has 4 heteroatoms. The van der Waals surface area contributed by atoms with Crippen molar-refractivity contribution in [2.75, 3.05) is 0 Å². The van der Waals surface area contributed by atoms with Crippen LogP contribution in [-0.4, -0.2) is 44.8 Å². The minimum Gasteiger partial charge on any atom is -0.390 e. The van der Waals surface area contributed by atoms with Gasteiger partial charge in [-0.25, -0.2) is 0 Å². The fourth-order valence-electron chi connectivity index (χ4n) is 1.32. The van der Waals surface area contributed by atoms with Gasteiger partial charge in [0.05, 0.1) is 12.2 Å². The van der Waals surface area contributed by atoms with Gasteiger partial charge in [0.25, 0.3) is 0 Å². The van der Waals surface area contributed by atoms with Crippen LogP contribution in [0.15, 0.2) is 0 Å². The van der Waals surface area contributed by atoms with E-state index < -0.39 is 24.4 Å². The van der Waals surface area contributed by atoms with E-state index in [1.165, 1.54) is 0 Å². The van der Waals surface area contributed by atoms with Gasteiger partial charge >= 0.3 is 0 Å². The third-order valence-corrected chi connectivity index (χ3v) is 2.27. The van der Waals surface area contributed by atoms with Gasteiger partial charge in [0, 0.05) is 0 Å². The highest BCUT2D eigenvalue weighted by Gasteiger charge is 2.29. The summed E-state index contributed by atoms with van der Waals surface area (Å²) >= 11 is 0. The number of aliphatic hydroxyl groups is 4. The van der Waals surface area contributed by atoms with E-state index in [9.17, 15) is 20.4 Å². The van der Waals surface area contributed by atoms with Gasteiger partial charge in [0.15, 0.2) is 0 Å². The van der Waals surface area contributed by atoms with Crippen LogP contribution in [0.4, 0.5) is 0 Å². The molecule has 4 N–H and O–H groups in total. The van der Waals surface area contributed by atoms with Crippen molar-refractivity contribution in [2.24, 2.45) is 5.92 Å². The molecular weight excluding hydrogens is 184 g/mol. The molecule has 0 rings (SSSR count). The number of hydrogen-bond donors (Lipinski definition) is 4. The zero-order valence-corrected chi connectivity index (χ0v) is 9.09. The predicted molar refractivity (Wildman–Crippen MR) is 53.8 cm³/mol. The van der Waals surface area contributed by atoms with E-state index in [-0.39, 0.29) is 5.92 Å². The first-order chi connectivity index (χ1) is 6.40. The molecule has 0 aromatic heterocycles. The Hall–Kier alpha value is -0.160. The topological polar surface area (TPSA) is 80.9 Å². The molecule has 0 fully saturated rings. The molecule has 0 bridgehead atoms. The largest absolute Gasteiger partial charge is 0.390 e. The summed E-state index contributed by atoms with van der Waals surface area (Å²) in [5.74, 6) is 0.241. The molecule has 14 heavy (non-hydrogen) atoms. The summed E-state index contributed by atoms with van der Waals surface area (Å²) in [4.78, 5) is 0. The van der Waals surface area contributed by atoms with Gasteiger partial charge in [-0.2, -0.15) is 0 Å². The van der Waals surface area contributed by atoms with Crippen molar-refractivity contribution >= 4 is 0 Å². The van der Waals surface area contributed by atoms with Gasteiger partial charge in [-0.1, -0.05) is 20.8 Å². The second-order valence-corrected chi connectivity index (χ2v) is 4.15. The molecule has 0 aromatic carbocycles. The summed E-state index contributed by atoms with van der Waals surface area (Å²) < 4.78 is 0. The summed E-state index contributed by atoms with van der Waals surface area (Å²) in [6.45, 7) is 5.53. The smallest absolute Gasteiger partial charge is 0.108 e.